The van der Waals surface area contributed by atoms with E-state index in [0.29, 0.717) is 6.04 Å². The van der Waals surface area contributed by atoms with Crippen molar-refractivity contribution in [2.75, 3.05) is 12.3 Å². The second-order valence-electron chi connectivity index (χ2n) is 7.22. The van der Waals surface area contributed by atoms with Crippen LogP contribution < -0.4 is 5.32 Å². The van der Waals surface area contributed by atoms with Crippen molar-refractivity contribution >= 4 is 11.8 Å². The van der Waals surface area contributed by atoms with Crippen LogP contribution in [0.15, 0.2) is 24.3 Å². The molecule has 1 N–H and O–H groups in total. The predicted molar refractivity (Wildman–Crippen MR) is 96.3 cm³/mol. The Kier molecular flexibility index (Phi) is 6.19. The van der Waals surface area contributed by atoms with Gasteiger partial charge in [-0.15, -0.1) is 0 Å². The van der Waals surface area contributed by atoms with E-state index in [9.17, 15) is 0 Å². The molecule has 1 fully saturated rings. The van der Waals surface area contributed by atoms with Crippen LogP contribution in [0.3, 0.4) is 0 Å². The average Bonchev–Trinajstić information content (AvgIpc) is 2.96. The van der Waals surface area contributed by atoms with E-state index >= 15 is 0 Å². The topological polar surface area (TPSA) is 12.0 Å². The first-order valence-corrected chi connectivity index (χ1v) is 9.51. The minimum absolute atomic E-state index is 0.241. The van der Waals surface area contributed by atoms with Crippen LogP contribution in [0.1, 0.15) is 70.5 Å². The number of nitrogens with one attached hydrogen (secondary N) is 1. The number of hydrogen-bond acceptors (Lipinski definition) is 2. The zero-order valence-corrected chi connectivity index (χ0v) is 14.9. The molecule has 0 bridgehead atoms. The normalized spacial score (nSPS) is 18.1. The summed E-state index contributed by atoms with van der Waals surface area (Å²) in [7, 11) is 0. The van der Waals surface area contributed by atoms with Gasteiger partial charge in [-0.2, -0.15) is 11.8 Å². The monoisotopic (exact) mass is 305 g/mol. The Bertz CT molecular complexity index is 412. The van der Waals surface area contributed by atoms with Crippen LogP contribution in [-0.2, 0) is 5.41 Å². The van der Waals surface area contributed by atoms with Crippen molar-refractivity contribution in [3.63, 3.8) is 0 Å². The van der Waals surface area contributed by atoms with E-state index in [2.05, 4.69) is 69.0 Å². The lowest BCUT2D eigenvalue weighted by atomic mass is 9.86. The Balaban J connectivity index is 1.99. The molecule has 0 aromatic heterocycles. The predicted octanol–water partition coefficient (Wildman–Crippen LogP) is 5.31. The fraction of sp³-hybridized carbons (Fsp3) is 0.684. The zero-order chi connectivity index (χ0) is 15.3. The van der Waals surface area contributed by atoms with Crippen LogP contribution in [0.5, 0.6) is 0 Å². The van der Waals surface area contributed by atoms with Crippen molar-refractivity contribution in [2.45, 2.75) is 70.1 Å². The summed E-state index contributed by atoms with van der Waals surface area (Å²) in [4.78, 5) is 0. The van der Waals surface area contributed by atoms with Crippen molar-refractivity contribution in [3.05, 3.63) is 35.4 Å². The molecule has 1 saturated carbocycles. The van der Waals surface area contributed by atoms with E-state index in [4.69, 9.17) is 0 Å². The minimum atomic E-state index is 0.241. The van der Waals surface area contributed by atoms with Crippen molar-refractivity contribution < 1.29 is 0 Å². The third-order valence-corrected chi connectivity index (χ3v) is 5.90. The minimum Gasteiger partial charge on any atom is -0.310 e. The number of benzene rings is 1. The smallest absolute Gasteiger partial charge is 0.0411 e. The van der Waals surface area contributed by atoms with Crippen LogP contribution in [0, 0.1) is 0 Å². The molecule has 0 saturated heterocycles. The van der Waals surface area contributed by atoms with E-state index in [1.165, 1.54) is 42.6 Å². The molecular formula is C19H31NS. The van der Waals surface area contributed by atoms with Gasteiger partial charge in [0.25, 0.3) is 0 Å². The summed E-state index contributed by atoms with van der Waals surface area (Å²) in [5.74, 6) is 1.20. The summed E-state index contributed by atoms with van der Waals surface area (Å²) in [6.07, 6.45) is 5.71. The Morgan fingerprint density at radius 3 is 2.29 bits per heavy atom. The van der Waals surface area contributed by atoms with E-state index in [0.717, 1.165) is 11.8 Å². The zero-order valence-electron chi connectivity index (χ0n) is 14.1. The SMILES string of the molecule is CCNC(CSC1CCCC1)c1ccc(C(C)(C)C)cc1. The van der Waals surface area contributed by atoms with Gasteiger partial charge in [0.15, 0.2) is 0 Å². The molecule has 0 radical (unpaired) electrons. The Morgan fingerprint density at radius 1 is 1.14 bits per heavy atom. The highest BCUT2D eigenvalue weighted by molar-refractivity contribution is 7.99. The van der Waals surface area contributed by atoms with Crippen LogP contribution in [0.4, 0.5) is 0 Å². The van der Waals surface area contributed by atoms with Crippen LogP contribution in [0.25, 0.3) is 0 Å². The average molecular weight is 306 g/mol. The lowest BCUT2D eigenvalue weighted by Gasteiger charge is -2.23. The first-order valence-electron chi connectivity index (χ1n) is 8.46. The molecule has 118 valence electrons. The maximum Gasteiger partial charge on any atom is 0.0411 e. The summed E-state index contributed by atoms with van der Waals surface area (Å²) in [6.45, 7) is 10.1. The molecule has 1 unspecified atom stereocenters. The number of hydrogen-bond donors (Lipinski definition) is 1. The van der Waals surface area contributed by atoms with E-state index < -0.39 is 0 Å². The highest BCUT2D eigenvalue weighted by Crippen LogP contribution is 2.32. The molecule has 0 aliphatic heterocycles. The summed E-state index contributed by atoms with van der Waals surface area (Å²) >= 11 is 2.17. The van der Waals surface area contributed by atoms with Gasteiger partial charge in [-0.1, -0.05) is 64.8 Å². The van der Waals surface area contributed by atoms with Gasteiger partial charge in [0, 0.05) is 17.0 Å². The fourth-order valence-corrected chi connectivity index (χ4v) is 4.46. The highest BCUT2D eigenvalue weighted by Gasteiger charge is 2.19. The van der Waals surface area contributed by atoms with Gasteiger partial charge < -0.3 is 5.32 Å². The van der Waals surface area contributed by atoms with Crippen molar-refractivity contribution in [3.8, 4) is 0 Å². The molecule has 21 heavy (non-hydrogen) atoms. The summed E-state index contributed by atoms with van der Waals surface area (Å²) < 4.78 is 0. The molecule has 0 spiro atoms. The molecule has 1 aliphatic rings. The molecule has 2 heteroatoms. The quantitative estimate of drug-likeness (QED) is 0.764. The molecule has 0 amide bonds. The molecule has 0 heterocycles. The molecule has 1 aromatic carbocycles. The van der Waals surface area contributed by atoms with Gasteiger partial charge in [-0.3, -0.25) is 0 Å². The first kappa shape index (κ1) is 16.9. The maximum absolute atomic E-state index is 3.66. The Morgan fingerprint density at radius 2 is 1.76 bits per heavy atom. The van der Waals surface area contributed by atoms with Gasteiger partial charge in [0.2, 0.25) is 0 Å². The standard InChI is InChI=1S/C19H31NS/c1-5-20-18(14-21-17-8-6-7-9-17)15-10-12-16(13-11-15)19(2,3)4/h10-13,17-18,20H,5-9,14H2,1-4H3. The largest absolute Gasteiger partial charge is 0.310 e. The molecule has 1 aliphatic carbocycles. The van der Waals surface area contributed by atoms with E-state index in [1.807, 2.05) is 0 Å². The number of thioether (sulfide) groups is 1. The number of rotatable bonds is 6. The molecule has 1 aromatic rings. The van der Waals surface area contributed by atoms with Crippen LogP contribution in [0.2, 0.25) is 0 Å². The van der Waals surface area contributed by atoms with Gasteiger partial charge in [-0.05, 0) is 35.9 Å². The fourth-order valence-electron chi connectivity index (χ4n) is 3.02. The highest BCUT2D eigenvalue weighted by atomic mass is 32.2. The van der Waals surface area contributed by atoms with E-state index in [1.54, 1.807) is 0 Å². The summed E-state index contributed by atoms with van der Waals surface area (Å²) in [6, 6.07) is 9.75. The Hall–Kier alpha value is -0.470. The third kappa shape index (κ3) is 5.03. The van der Waals surface area contributed by atoms with E-state index in [-0.39, 0.29) is 5.41 Å². The van der Waals surface area contributed by atoms with Crippen molar-refractivity contribution in [1.29, 1.82) is 0 Å². The summed E-state index contributed by atoms with van der Waals surface area (Å²) in [5, 5.41) is 4.56. The van der Waals surface area contributed by atoms with Crippen LogP contribution >= 0.6 is 11.8 Å². The van der Waals surface area contributed by atoms with Gasteiger partial charge in [-0.25, -0.2) is 0 Å². The first-order chi connectivity index (χ1) is 10.0. The third-order valence-electron chi connectivity index (χ3n) is 4.43. The van der Waals surface area contributed by atoms with Gasteiger partial charge in [0.1, 0.15) is 0 Å². The maximum atomic E-state index is 3.66. The second-order valence-corrected chi connectivity index (χ2v) is 8.56. The molecule has 1 nitrogen and oxygen atoms in total. The lowest BCUT2D eigenvalue weighted by Crippen LogP contribution is -2.24. The molecule has 2 rings (SSSR count). The van der Waals surface area contributed by atoms with Crippen LogP contribution in [-0.4, -0.2) is 17.5 Å². The molecule has 1 atom stereocenters. The van der Waals surface area contributed by atoms with Crippen molar-refractivity contribution in [1.82, 2.24) is 5.32 Å². The van der Waals surface area contributed by atoms with Gasteiger partial charge in [0.05, 0.1) is 0 Å². The Labute approximate surface area is 135 Å². The van der Waals surface area contributed by atoms with Crippen molar-refractivity contribution in [2.24, 2.45) is 0 Å². The lowest BCUT2D eigenvalue weighted by molar-refractivity contribution is 0.584. The molecular weight excluding hydrogens is 274 g/mol. The van der Waals surface area contributed by atoms with Gasteiger partial charge >= 0.3 is 0 Å². The second kappa shape index (κ2) is 7.69. The summed E-state index contributed by atoms with van der Waals surface area (Å²) in [5.41, 5.74) is 3.10.